The first-order valence-electron chi connectivity index (χ1n) is 9.75. The van der Waals surface area contributed by atoms with Gasteiger partial charge in [0, 0.05) is 11.5 Å². The van der Waals surface area contributed by atoms with Gasteiger partial charge in [-0.05, 0) is 6.42 Å². The minimum absolute atomic E-state index is 0.193. The molecule has 0 saturated heterocycles. The standard InChI is InChI=1S/C19H40O3S/c1-2-3-4-5-6-7-8-9-10-11-12-13-14-18(21)16-23-17-19(22)15-20/h18-22H,2-17H2,1H3/t18-,19+/m1/s1. The second kappa shape index (κ2) is 18.6. The van der Waals surface area contributed by atoms with Gasteiger partial charge in [-0.1, -0.05) is 84.0 Å². The topological polar surface area (TPSA) is 60.7 Å². The van der Waals surface area contributed by atoms with Gasteiger partial charge in [-0.3, -0.25) is 0 Å². The molecular formula is C19H40O3S. The van der Waals surface area contributed by atoms with Crippen molar-refractivity contribution in [2.45, 2.75) is 103 Å². The Hall–Kier alpha value is 0.230. The quantitative estimate of drug-likeness (QED) is 0.319. The second-order valence-electron chi connectivity index (χ2n) is 6.71. The Morgan fingerprint density at radius 3 is 1.57 bits per heavy atom. The summed E-state index contributed by atoms with van der Waals surface area (Å²) in [6.45, 7) is 2.07. The third kappa shape index (κ3) is 18.4. The number of aliphatic hydroxyl groups is 3. The Balaban J connectivity index is 3.14. The Bertz CT molecular complexity index is 227. The van der Waals surface area contributed by atoms with Gasteiger partial charge in [0.25, 0.3) is 0 Å². The Kier molecular flexibility index (Phi) is 18.8. The zero-order valence-corrected chi connectivity index (χ0v) is 16.0. The fourth-order valence-electron chi connectivity index (χ4n) is 2.70. The lowest BCUT2D eigenvalue weighted by atomic mass is 10.0. The summed E-state index contributed by atoms with van der Waals surface area (Å²) in [5.74, 6) is 1.17. The Morgan fingerprint density at radius 2 is 1.09 bits per heavy atom. The van der Waals surface area contributed by atoms with Crippen LogP contribution in [0.2, 0.25) is 0 Å². The first kappa shape index (κ1) is 23.2. The molecule has 0 rings (SSSR count). The van der Waals surface area contributed by atoms with E-state index in [1.165, 1.54) is 82.4 Å². The van der Waals surface area contributed by atoms with E-state index in [9.17, 15) is 10.2 Å². The minimum Gasteiger partial charge on any atom is -0.394 e. The zero-order valence-electron chi connectivity index (χ0n) is 15.2. The summed E-state index contributed by atoms with van der Waals surface area (Å²) in [7, 11) is 0. The maximum absolute atomic E-state index is 9.83. The summed E-state index contributed by atoms with van der Waals surface area (Å²) in [5.41, 5.74) is 0. The molecule has 2 atom stereocenters. The molecule has 0 heterocycles. The first-order valence-corrected chi connectivity index (χ1v) is 10.9. The second-order valence-corrected chi connectivity index (χ2v) is 7.78. The highest BCUT2D eigenvalue weighted by molar-refractivity contribution is 7.99. The van der Waals surface area contributed by atoms with E-state index in [0.29, 0.717) is 11.5 Å². The average Bonchev–Trinajstić information content (AvgIpc) is 2.55. The Labute approximate surface area is 148 Å². The number of hydrogen-bond acceptors (Lipinski definition) is 4. The SMILES string of the molecule is CCCCCCCCCCCCCC[C@@H](O)CSC[C@@H](O)CO. The van der Waals surface area contributed by atoms with E-state index in [0.717, 1.165) is 12.8 Å². The molecule has 3 nitrogen and oxygen atoms in total. The lowest BCUT2D eigenvalue weighted by Gasteiger charge is -2.11. The molecule has 0 aliphatic carbocycles. The lowest BCUT2D eigenvalue weighted by molar-refractivity contribution is 0.113. The number of rotatable bonds is 18. The summed E-state index contributed by atoms with van der Waals surface area (Å²) in [6.07, 6.45) is 16.0. The van der Waals surface area contributed by atoms with Crippen molar-refractivity contribution in [3.8, 4) is 0 Å². The van der Waals surface area contributed by atoms with Gasteiger partial charge in [0.1, 0.15) is 0 Å². The molecule has 0 bridgehead atoms. The smallest absolute Gasteiger partial charge is 0.0861 e. The largest absolute Gasteiger partial charge is 0.394 e. The number of thioether (sulfide) groups is 1. The zero-order chi connectivity index (χ0) is 17.2. The van der Waals surface area contributed by atoms with Gasteiger partial charge in [-0.2, -0.15) is 11.8 Å². The fourth-order valence-corrected chi connectivity index (χ4v) is 3.65. The summed E-state index contributed by atoms with van der Waals surface area (Å²) in [5, 5.41) is 27.7. The van der Waals surface area contributed by atoms with Crippen molar-refractivity contribution in [2.24, 2.45) is 0 Å². The number of unbranched alkanes of at least 4 members (excludes halogenated alkanes) is 11. The van der Waals surface area contributed by atoms with Crippen molar-refractivity contribution in [1.82, 2.24) is 0 Å². The van der Waals surface area contributed by atoms with Crippen LogP contribution in [0.25, 0.3) is 0 Å². The molecule has 0 aromatic carbocycles. The van der Waals surface area contributed by atoms with Crippen LogP contribution in [0.5, 0.6) is 0 Å². The van der Waals surface area contributed by atoms with Crippen LogP contribution in [-0.4, -0.2) is 45.6 Å². The summed E-state index contributed by atoms with van der Waals surface area (Å²) >= 11 is 1.52. The summed E-state index contributed by atoms with van der Waals surface area (Å²) in [6, 6.07) is 0. The van der Waals surface area contributed by atoms with E-state index in [2.05, 4.69) is 6.92 Å². The van der Waals surface area contributed by atoms with Gasteiger partial charge < -0.3 is 15.3 Å². The van der Waals surface area contributed by atoms with Crippen LogP contribution < -0.4 is 0 Å². The number of hydrogen-bond donors (Lipinski definition) is 3. The molecule has 3 N–H and O–H groups in total. The predicted molar refractivity (Wildman–Crippen MR) is 102 cm³/mol. The third-order valence-corrected chi connectivity index (χ3v) is 5.46. The molecule has 140 valence electrons. The molecule has 0 amide bonds. The molecular weight excluding hydrogens is 308 g/mol. The molecule has 0 unspecified atom stereocenters. The van der Waals surface area contributed by atoms with Crippen LogP contribution in [0.4, 0.5) is 0 Å². The van der Waals surface area contributed by atoms with Crippen LogP contribution >= 0.6 is 11.8 Å². The molecule has 0 radical (unpaired) electrons. The van der Waals surface area contributed by atoms with E-state index >= 15 is 0 Å². The monoisotopic (exact) mass is 348 g/mol. The molecule has 0 fully saturated rings. The van der Waals surface area contributed by atoms with Gasteiger partial charge in [-0.15, -0.1) is 0 Å². The van der Waals surface area contributed by atoms with Gasteiger partial charge in [0.2, 0.25) is 0 Å². The van der Waals surface area contributed by atoms with Crippen LogP contribution in [0.1, 0.15) is 90.4 Å². The maximum Gasteiger partial charge on any atom is 0.0861 e. The van der Waals surface area contributed by atoms with E-state index < -0.39 is 6.10 Å². The van der Waals surface area contributed by atoms with Crippen LogP contribution in [0.15, 0.2) is 0 Å². The van der Waals surface area contributed by atoms with Crippen molar-refractivity contribution in [2.75, 3.05) is 18.1 Å². The first-order chi connectivity index (χ1) is 11.2. The van der Waals surface area contributed by atoms with E-state index in [1.807, 2.05) is 0 Å². The van der Waals surface area contributed by atoms with E-state index in [4.69, 9.17) is 5.11 Å². The van der Waals surface area contributed by atoms with Gasteiger partial charge >= 0.3 is 0 Å². The van der Waals surface area contributed by atoms with Crippen molar-refractivity contribution in [3.05, 3.63) is 0 Å². The molecule has 0 aliphatic heterocycles. The number of aliphatic hydroxyl groups excluding tert-OH is 3. The maximum atomic E-state index is 9.83. The molecule has 0 aliphatic rings. The summed E-state index contributed by atoms with van der Waals surface area (Å²) < 4.78 is 0. The van der Waals surface area contributed by atoms with Crippen LogP contribution in [-0.2, 0) is 0 Å². The van der Waals surface area contributed by atoms with Gasteiger partial charge in [-0.25, -0.2) is 0 Å². The normalized spacial score (nSPS) is 14.1. The fraction of sp³-hybridized carbons (Fsp3) is 1.00. The molecule has 0 aromatic heterocycles. The van der Waals surface area contributed by atoms with Crippen molar-refractivity contribution < 1.29 is 15.3 Å². The van der Waals surface area contributed by atoms with Crippen LogP contribution in [0, 0.1) is 0 Å². The third-order valence-electron chi connectivity index (χ3n) is 4.22. The molecule has 0 spiro atoms. The Morgan fingerprint density at radius 1 is 0.652 bits per heavy atom. The predicted octanol–water partition coefficient (Wildman–Crippen LogP) is 4.52. The highest BCUT2D eigenvalue weighted by Crippen LogP contribution is 2.14. The molecule has 23 heavy (non-hydrogen) atoms. The van der Waals surface area contributed by atoms with Gasteiger partial charge in [0.05, 0.1) is 18.8 Å². The van der Waals surface area contributed by atoms with Gasteiger partial charge in [0.15, 0.2) is 0 Å². The highest BCUT2D eigenvalue weighted by atomic mass is 32.2. The van der Waals surface area contributed by atoms with Crippen molar-refractivity contribution in [1.29, 1.82) is 0 Å². The lowest BCUT2D eigenvalue weighted by Crippen LogP contribution is -2.17. The van der Waals surface area contributed by atoms with E-state index in [-0.39, 0.29) is 12.7 Å². The molecule has 0 aromatic rings. The average molecular weight is 349 g/mol. The van der Waals surface area contributed by atoms with Crippen molar-refractivity contribution in [3.63, 3.8) is 0 Å². The van der Waals surface area contributed by atoms with Crippen LogP contribution in [0.3, 0.4) is 0 Å². The molecule has 4 heteroatoms. The van der Waals surface area contributed by atoms with E-state index in [1.54, 1.807) is 0 Å². The van der Waals surface area contributed by atoms with Crippen molar-refractivity contribution >= 4 is 11.8 Å². The molecule has 0 saturated carbocycles. The highest BCUT2D eigenvalue weighted by Gasteiger charge is 2.07. The summed E-state index contributed by atoms with van der Waals surface area (Å²) in [4.78, 5) is 0. The minimum atomic E-state index is -0.654.